The monoisotopic (exact) mass is 216 g/mol. The Kier molecular flexibility index (Phi) is 2.23. The van der Waals surface area contributed by atoms with Crippen molar-refractivity contribution in [2.45, 2.75) is 31.6 Å². The molecule has 0 unspecified atom stereocenters. The van der Waals surface area contributed by atoms with Gasteiger partial charge in [0.05, 0.1) is 7.11 Å². The molecule has 1 saturated carbocycles. The van der Waals surface area contributed by atoms with E-state index < -0.39 is 0 Å². The van der Waals surface area contributed by atoms with Crippen molar-refractivity contribution in [1.82, 2.24) is 0 Å². The number of benzene rings is 1. The summed E-state index contributed by atoms with van der Waals surface area (Å²) in [7, 11) is 1.68. The predicted octanol–water partition coefficient (Wildman–Crippen LogP) is 3.17. The highest BCUT2D eigenvalue weighted by molar-refractivity contribution is 5.99. The molecule has 2 nitrogen and oxygen atoms in total. The Bertz CT molecular complexity index is 436. The van der Waals surface area contributed by atoms with Gasteiger partial charge in [-0.15, -0.1) is 0 Å². The summed E-state index contributed by atoms with van der Waals surface area (Å²) in [5, 5.41) is 0. The van der Waals surface area contributed by atoms with Crippen LogP contribution in [0.5, 0.6) is 5.75 Å². The molecule has 0 bridgehead atoms. The fourth-order valence-corrected chi connectivity index (χ4v) is 3.27. The van der Waals surface area contributed by atoms with Gasteiger partial charge in [0.2, 0.25) is 0 Å². The number of carbonyl (C=O) groups is 1. The average molecular weight is 216 g/mol. The molecule has 0 aliphatic heterocycles. The topological polar surface area (TPSA) is 26.3 Å². The second kappa shape index (κ2) is 3.62. The molecule has 3 rings (SSSR count). The summed E-state index contributed by atoms with van der Waals surface area (Å²) in [4.78, 5) is 12.0. The average Bonchev–Trinajstić information content (AvgIpc) is 2.76. The Morgan fingerprint density at radius 2 is 2.19 bits per heavy atom. The molecule has 2 aliphatic rings. The minimum atomic E-state index is 0.320. The normalized spacial score (nSPS) is 27.4. The minimum Gasteiger partial charge on any atom is -0.497 e. The van der Waals surface area contributed by atoms with Crippen molar-refractivity contribution in [2.24, 2.45) is 5.92 Å². The summed E-state index contributed by atoms with van der Waals surface area (Å²) >= 11 is 0. The van der Waals surface area contributed by atoms with Crippen LogP contribution in [0.3, 0.4) is 0 Å². The minimum absolute atomic E-state index is 0.320. The van der Waals surface area contributed by atoms with Crippen molar-refractivity contribution < 1.29 is 9.53 Å². The third-order valence-corrected chi connectivity index (χ3v) is 4.07. The second-order valence-electron chi connectivity index (χ2n) is 4.88. The molecular formula is C14H16O2. The summed E-state index contributed by atoms with van der Waals surface area (Å²) in [6.45, 7) is 0. The van der Waals surface area contributed by atoms with Gasteiger partial charge in [-0.05, 0) is 48.4 Å². The lowest BCUT2D eigenvalue weighted by Crippen LogP contribution is -2.21. The standard InChI is InChI=1S/C14H16O2/c1-16-10-5-6-12-13(8-10)11-4-2-3-9(11)7-14(12)15/h5-6,8-9,11H,2-4,7H2,1H3/t9-,11-/m0/s1. The molecular weight excluding hydrogens is 200 g/mol. The first-order valence-corrected chi connectivity index (χ1v) is 6.00. The van der Waals surface area contributed by atoms with Crippen LogP contribution in [0.25, 0.3) is 0 Å². The van der Waals surface area contributed by atoms with Crippen LogP contribution in [-0.4, -0.2) is 12.9 Å². The van der Waals surface area contributed by atoms with E-state index in [2.05, 4.69) is 6.07 Å². The second-order valence-corrected chi connectivity index (χ2v) is 4.88. The van der Waals surface area contributed by atoms with E-state index in [0.29, 0.717) is 17.6 Å². The van der Waals surface area contributed by atoms with Gasteiger partial charge < -0.3 is 4.74 Å². The number of carbonyl (C=O) groups excluding carboxylic acids is 1. The molecule has 0 radical (unpaired) electrons. The first-order chi connectivity index (χ1) is 7.79. The summed E-state index contributed by atoms with van der Waals surface area (Å²) in [6, 6.07) is 5.90. The molecule has 1 aromatic rings. The highest BCUT2D eigenvalue weighted by atomic mass is 16.5. The SMILES string of the molecule is COc1ccc2c(c1)[C@H]1CCC[C@H]1CC2=O. The summed E-state index contributed by atoms with van der Waals surface area (Å²) in [6.07, 6.45) is 4.47. The van der Waals surface area contributed by atoms with Crippen molar-refractivity contribution in [3.05, 3.63) is 29.3 Å². The van der Waals surface area contributed by atoms with Crippen molar-refractivity contribution >= 4 is 5.78 Å². The van der Waals surface area contributed by atoms with E-state index in [1.807, 2.05) is 12.1 Å². The number of hydrogen-bond donors (Lipinski definition) is 0. The van der Waals surface area contributed by atoms with Crippen molar-refractivity contribution in [1.29, 1.82) is 0 Å². The van der Waals surface area contributed by atoms with Crippen LogP contribution in [0.15, 0.2) is 18.2 Å². The number of hydrogen-bond acceptors (Lipinski definition) is 2. The Balaban J connectivity index is 2.10. The molecule has 1 aromatic carbocycles. The quantitative estimate of drug-likeness (QED) is 0.720. The Labute approximate surface area is 95.6 Å². The molecule has 1 fully saturated rings. The van der Waals surface area contributed by atoms with Gasteiger partial charge in [-0.25, -0.2) is 0 Å². The Morgan fingerprint density at radius 1 is 1.31 bits per heavy atom. The maximum atomic E-state index is 12.0. The lowest BCUT2D eigenvalue weighted by molar-refractivity contribution is 0.0943. The molecule has 2 aliphatic carbocycles. The van der Waals surface area contributed by atoms with Crippen LogP contribution in [0.2, 0.25) is 0 Å². The molecule has 0 spiro atoms. The first-order valence-electron chi connectivity index (χ1n) is 6.00. The van der Waals surface area contributed by atoms with Crippen molar-refractivity contribution in [2.75, 3.05) is 7.11 Å². The van der Waals surface area contributed by atoms with E-state index in [0.717, 1.165) is 17.7 Å². The van der Waals surface area contributed by atoms with Gasteiger partial charge in [0.25, 0.3) is 0 Å². The first kappa shape index (κ1) is 9.88. The number of ketones is 1. The van der Waals surface area contributed by atoms with E-state index in [-0.39, 0.29) is 0 Å². The van der Waals surface area contributed by atoms with Crippen LogP contribution >= 0.6 is 0 Å². The maximum Gasteiger partial charge on any atom is 0.163 e. The number of methoxy groups -OCH3 is 1. The van der Waals surface area contributed by atoms with Gasteiger partial charge in [-0.3, -0.25) is 4.79 Å². The van der Waals surface area contributed by atoms with Gasteiger partial charge in [0, 0.05) is 12.0 Å². The molecule has 2 atom stereocenters. The molecule has 0 N–H and O–H groups in total. The fraction of sp³-hybridized carbons (Fsp3) is 0.500. The summed E-state index contributed by atoms with van der Waals surface area (Å²) < 4.78 is 5.25. The van der Waals surface area contributed by atoms with Gasteiger partial charge in [-0.2, -0.15) is 0 Å². The van der Waals surface area contributed by atoms with Crippen LogP contribution in [0.4, 0.5) is 0 Å². The molecule has 2 heteroatoms. The number of ether oxygens (including phenoxy) is 1. The predicted molar refractivity (Wildman–Crippen MR) is 62.0 cm³/mol. The molecule has 16 heavy (non-hydrogen) atoms. The molecule has 0 heterocycles. The Hall–Kier alpha value is -1.31. The van der Waals surface area contributed by atoms with Gasteiger partial charge in [-0.1, -0.05) is 6.42 Å². The largest absolute Gasteiger partial charge is 0.497 e. The van der Waals surface area contributed by atoms with E-state index in [1.165, 1.54) is 24.8 Å². The van der Waals surface area contributed by atoms with Gasteiger partial charge in [0.15, 0.2) is 5.78 Å². The van der Waals surface area contributed by atoms with Crippen LogP contribution in [0, 0.1) is 5.92 Å². The molecule has 84 valence electrons. The highest BCUT2D eigenvalue weighted by Gasteiger charge is 2.37. The fourth-order valence-electron chi connectivity index (χ4n) is 3.27. The third kappa shape index (κ3) is 1.36. The van der Waals surface area contributed by atoms with E-state index in [9.17, 15) is 4.79 Å². The lowest BCUT2D eigenvalue weighted by Gasteiger charge is -2.27. The van der Waals surface area contributed by atoms with E-state index in [4.69, 9.17) is 4.74 Å². The van der Waals surface area contributed by atoms with Crippen LogP contribution in [-0.2, 0) is 0 Å². The number of Topliss-reactive ketones (excluding diaryl/α,β-unsaturated/α-hetero) is 1. The zero-order chi connectivity index (χ0) is 11.1. The van der Waals surface area contributed by atoms with Gasteiger partial charge >= 0.3 is 0 Å². The maximum absolute atomic E-state index is 12.0. The molecule has 0 aromatic heterocycles. The Morgan fingerprint density at radius 3 is 3.00 bits per heavy atom. The number of rotatable bonds is 1. The lowest BCUT2D eigenvalue weighted by atomic mass is 9.76. The number of fused-ring (bicyclic) bond motifs is 3. The highest BCUT2D eigenvalue weighted by Crippen LogP contribution is 2.47. The summed E-state index contributed by atoms with van der Waals surface area (Å²) in [5.41, 5.74) is 2.17. The van der Waals surface area contributed by atoms with Crippen LogP contribution < -0.4 is 4.74 Å². The zero-order valence-electron chi connectivity index (χ0n) is 9.53. The van der Waals surface area contributed by atoms with E-state index in [1.54, 1.807) is 7.11 Å². The smallest absolute Gasteiger partial charge is 0.163 e. The molecule has 0 saturated heterocycles. The van der Waals surface area contributed by atoms with E-state index >= 15 is 0 Å². The third-order valence-electron chi connectivity index (χ3n) is 4.07. The van der Waals surface area contributed by atoms with Crippen LogP contribution in [0.1, 0.15) is 47.5 Å². The van der Waals surface area contributed by atoms with Crippen molar-refractivity contribution in [3.8, 4) is 5.75 Å². The molecule has 0 amide bonds. The zero-order valence-corrected chi connectivity index (χ0v) is 9.53. The summed E-state index contributed by atoms with van der Waals surface area (Å²) in [5.74, 6) is 2.38. The van der Waals surface area contributed by atoms with Crippen molar-refractivity contribution in [3.63, 3.8) is 0 Å². The van der Waals surface area contributed by atoms with Gasteiger partial charge in [0.1, 0.15) is 5.75 Å².